The molecule has 0 spiro atoms. The molecule has 1 nitrogen and oxygen atoms in total. The van der Waals surface area contributed by atoms with Gasteiger partial charge in [-0.15, -0.1) is 0 Å². The minimum absolute atomic E-state index is 0.00407. The fourth-order valence-electron chi connectivity index (χ4n) is 3.26. The highest BCUT2D eigenvalue weighted by atomic mass is 16.3. The van der Waals surface area contributed by atoms with E-state index in [2.05, 4.69) is 6.92 Å². The number of aliphatic hydroxyl groups is 1. The van der Waals surface area contributed by atoms with Crippen LogP contribution in [0.5, 0.6) is 0 Å². The summed E-state index contributed by atoms with van der Waals surface area (Å²) in [7, 11) is 0. The summed E-state index contributed by atoms with van der Waals surface area (Å²) in [4.78, 5) is 0. The Morgan fingerprint density at radius 3 is 2.33 bits per heavy atom. The summed E-state index contributed by atoms with van der Waals surface area (Å²) in [6, 6.07) is 0. The third-order valence-electron chi connectivity index (χ3n) is 3.99. The van der Waals surface area contributed by atoms with Crippen molar-refractivity contribution in [2.75, 3.05) is 0 Å². The van der Waals surface area contributed by atoms with Crippen LogP contribution in [0.15, 0.2) is 0 Å². The summed E-state index contributed by atoms with van der Waals surface area (Å²) in [6.45, 7) is 2.10. The van der Waals surface area contributed by atoms with E-state index in [1.807, 2.05) is 0 Å². The summed E-state index contributed by atoms with van der Waals surface area (Å²) >= 11 is 0. The molecule has 0 aliphatic heterocycles. The van der Waals surface area contributed by atoms with E-state index in [1.165, 1.54) is 32.1 Å². The quantitative estimate of drug-likeness (QED) is 0.672. The standard InChI is InChI=1S/C11H20O/c1-2-11(12)10-6-8-4-3-5-9(8)7-10/h8-12H,2-7H2,1H3/t8-,9+,10?,11?. The smallest absolute Gasteiger partial charge is 0.0566 e. The lowest BCUT2D eigenvalue weighted by Crippen LogP contribution is -2.16. The average molecular weight is 168 g/mol. The lowest BCUT2D eigenvalue weighted by Gasteiger charge is -2.16. The molecule has 0 aromatic heterocycles. The Hall–Kier alpha value is -0.0400. The van der Waals surface area contributed by atoms with Crippen LogP contribution >= 0.6 is 0 Å². The van der Waals surface area contributed by atoms with Gasteiger partial charge in [0.1, 0.15) is 0 Å². The fourth-order valence-corrected chi connectivity index (χ4v) is 3.26. The first-order chi connectivity index (χ1) is 5.81. The van der Waals surface area contributed by atoms with E-state index in [4.69, 9.17) is 0 Å². The highest BCUT2D eigenvalue weighted by Gasteiger charge is 2.39. The minimum atomic E-state index is -0.00407. The van der Waals surface area contributed by atoms with Crippen molar-refractivity contribution in [3.05, 3.63) is 0 Å². The summed E-state index contributed by atoms with van der Waals surface area (Å²) < 4.78 is 0. The van der Waals surface area contributed by atoms with Gasteiger partial charge in [-0.1, -0.05) is 26.2 Å². The molecule has 0 saturated heterocycles. The van der Waals surface area contributed by atoms with Gasteiger partial charge in [0.15, 0.2) is 0 Å². The largest absolute Gasteiger partial charge is 0.393 e. The maximum atomic E-state index is 9.71. The fraction of sp³-hybridized carbons (Fsp3) is 1.00. The number of fused-ring (bicyclic) bond motifs is 1. The first-order valence-electron chi connectivity index (χ1n) is 5.49. The minimum Gasteiger partial charge on any atom is -0.393 e. The molecule has 0 radical (unpaired) electrons. The molecule has 2 rings (SSSR count). The zero-order valence-electron chi connectivity index (χ0n) is 8.00. The van der Waals surface area contributed by atoms with E-state index in [0.29, 0.717) is 5.92 Å². The SMILES string of the molecule is CCC(O)C1C[C@H]2CCC[C@H]2C1. The lowest BCUT2D eigenvalue weighted by atomic mass is 9.96. The van der Waals surface area contributed by atoms with Crippen LogP contribution in [0.3, 0.4) is 0 Å². The van der Waals surface area contributed by atoms with Gasteiger partial charge in [-0.25, -0.2) is 0 Å². The molecule has 0 heterocycles. The number of rotatable bonds is 2. The number of hydrogen-bond acceptors (Lipinski definition) is 1. The van der Waals surface area contributed by atoms with Crippen molar-refractivity contribution in [1.82, 2.24) is 0 Å². The lowest BCUT2D eigenvalue weighted by molar-refractivity contribution is 0.102. The van der Waals surface area contributed by atoms with E-state index < -0.39 is 0 Å². The van der Waals surface area contributed by atoms with E-state index in [0.717, 1.165) is 18.3 Å². The van der Waals surface area contributed by atoms with Crippen molar-refractivity contribution in [1.29, 1.82) is 0 Å². The van der Waals surface area contributed by atoms with Gasteiger partial charge >= 0.3 is 0 Å². The van der Waals surface area contributed by atoms with Crippen molar-refractivity contribution in [2.45, 2.75) is 51.6 Å². The second kappa shape index (κ2) is 3.37. The Morgan fingerprint density at radius 2 is 1.83 bits per heavy atom. The molecular formula is C11H20O. The first kappa shape index (κ1) is 8.55. The van der Waals surface area contributed by atoms with E-state index in [9.17, 15) is 5.11 Å². The van der Waals surface area contributed by atoms with Crippen molar-refractivity contribution in [3.8, 4) is 0 Å². The molecular weight excluding hydrogens is 148 g/mol. The third kappa shape index (κ3) is 1.39. The molecule has 2 aliphatic carbocycles. The molecule has 4 atom stereocenters. The predicted molar refractivity (Wildman–Crippen MR) is 49.9 cm³/mol. The van der Waals surface area contributed by atoms with Crippen molar-refractivity contribution in [3.63, 3.8) is 0 Å². The predicted octanol–water partition coefficient (Wildman–Crippen LogP) is 2.58. The molecule has 70 valence electrons. The van der Waals surface area contributed by atoms with Crippen LogP contribution in [0.2, 0.25) is 0 Å². The molecule has 12 heavy (non-hydrogen) atoms. The maximum absolute atomic E-state index is 9.71. The molecule has 1 heteroatoms. The van der Waals surface area contributed by atoms with Crippen LogP contribution in [0, 0.1) is 17.8 Å². The Balaban J connectivity index is 1.90. The molecule has 0 bridgehead atoms. The van der Waals surface area contributed by atoms with Crippen LogP contribution in [-0.4, -0.2) is 11.2 Å². The summed E-state index contributed by atoms with van der Waals surface area (Å²) in [6.07, 6.45) is 7.92. The zero-order chi connectivity index (χ0) is 8.55. The normalized spacial score (nSPS) is 43.0. The molecule has 0 aromatic carbocycles. The average Bonchev–Trinajstić information content (AvgIpc) is 2.60. The molecule has 2 saturated carbocycles. The zero-order valence-corrected chi connectivity index (χ0v) is 8.00. The second-order valence-electron chi connectivity index (χ2n) is 4.66. The van der Waals surface area contributed by atoms with E-state index in [-0.39, 0.29) is 6.10 Å². The van der Waals surface area contributed by atoms with Crippen LogP contribution in [-0.2, 0) is 0 Å². The van der Waals surface area contributed by atoms with Crippen LogP contribution < -0.4 is 0 Å². The molecule has 0 amide bonds. The van der Waals surface area contributed by atoms with Gasteiger partial charge in [0.25, 0.3) is 0 Å². The maximum Gasteiger partial charge on any atom is 0.0566 e. The molecule has 2 fully saturated rings. The molecule has 1 N–H and O–H groups in total. The number of aliphatic hydroxyl groups excluding tert-OH is 1. The van der Waals surface area contributed by atoms with Crippen LogP contribution in [0.4, 0.5) is 0 Å². The van der Waals surface area contributed by atoms with Crippen molar-refractivity contribution in [2.24, 2.45) is 17.8 Å². The molecule has 2 aliphatic rings. The summed E-state index contributed by atoms with van der Waals surface area (Å²) in [5, 5.41) is 9.71. The Morgan fingerprint density at radius 1 is 1.25 bits per heavy atom. The Labute approximate surface area is 75.2 Å². The van der Waals surface area contributed by atoms with E-state index >= 15 is 0 Å². The van der Waals surface area contributed by atoms with Crippen molar-refractivity contribution >= 4 is 0 Å². The first-order valence-corrected chi connectivity index (χ1v) is 5.49. The topological polar surface area (TPSA) is 20.2 Å². The highest BCUT2D eigenvalue weighted by Crippen LogP contribution is 2.47. The second-order valence-corrected chi connectivity index (χ2v) is 4.66. The Bertz CT molecular complexity index is 143. The van der Waals surface area contributed by atoms with Gasteiger partial charge in [0.05, 0.1) is 6.10 Å². The number of hydrogen-bond donors (Lipinski definition) is 1. The molecule has 0 aromatic rings. The van der Waals surface area contributed by atoms with Crippen LogP contribution in [0.25, 0.3) is 0 Å². The van der Waals surface area contributed by atoms with Gasteiger partial charge in [-0.2, -0.15) is 0 Å². The van der Waals surface area contributed by atoms with Gasteiger partial charge in [0.2, 0.25) is 0 Å². The van der Waals surface area contributed by atoms with Gasteiger partial charge < -0.3 is 5.11 Å². The van der Waals surface area contributed by atoms with Gasteiger partial charge in [0, 0.05) is 0 Å². The van der Waals surface area contributed by atoms with Crippen molar-refractivity contribution < 1.29 is 5.11 Å². The Kier molecular flexibility index (Phi) is 2.40. The highest BCUT2D eigenvalue weighted by molar-refractivity contribution is 4.89. The summed E-state index contributed by atoms with van der Waals surface area (Å²) in [5.41, 5.74) is 0. The molecule has 2 unspecified atom stereocenters. The monoisotopic (exact) mass is 168 g/mol. The van der Waals surface area contributed by atoms with Gasteiger partial charge in [-0.3, -0.25) is 0 Å². The van der Waals surface area contributed by atoms with Gasteiger partial charge in [-0.05, 0) is 37.0 Å². The third-order valence-corrected chi connectivity index (χ3v) is 3.99. The summed E-state index contributed by atoms with van der Waals surface area (Å²) in [5.74, 6) is 2.61. The van der Waals surface area contributed by atoms with E-state index in [1.54, 1.807) is 0 Å². The van der Waals surface area contributed by atoms with Crippen LogP contribution in [0.1, 0.15) is 45.4 Å².